The van der Waals surface area contributed by atoms with E-state index >= 15 is 0 Å². The molecule has 2 aliphatic heterocycles. The number of hydrogen-bond donors (Lipinski definition) is 0. The highest BCUT2D eigenvalue weighted by Gasteiger charge is 2.40. The van der Waals surface area contributed by atoms with Crippen LogP contribution in [0.3, 0.4) is 0 Å². The predicted octanol–water partition coefficient (Wildman–Crippen LogP) is 2.55. The number of ether oxygens (including phenoxy) is 1. The molecule has 0 aromatic heterocycles. The molecule has 0 bridgehead atoms. The Morgan fingerprint density at radius 3 is 3.05 bits per heavy atom. The van der Waals surface area contributed by atoms with Crippen molar-refractivity contribution in [2.75, 3.05) is 20.2 Å². The standard InChI is InChI=1S/C14H17N2O3S/c1-19-10-4-5-11-12(9-10)20-14(16(11)18)6-8-15-7-2-3-13(15)17/h4-5,9,14H,2-3,6-8H2,1H3/q+1. The minimum Gasteiger partial charge on any atom is -0.497 e. The fourth-order valence-corrected chi connectivity index (χ4v) is 3.82. The van der Waals surface area contributed by atoms with Crippen molar-refractivity contribution in [2.45, 2.75) is 29.5 Å². The molecule has 0 saturated carbocycles. The van der Waals surface area contributed by atoms with Gasteiger partial charge in [-0.25, -0.2) is 0 Å². The summed E-state index contributed by atoms with van der Waals surface area (Å²) in [6.45, 7) is 1.50. The summed E-state index contributed by atoms with van der Waals surface area (Å²) in [7, 11) is 1.62. The Labute approximate surface area is 121 Å². The first-order chi connectivity index (χ1) is 9.69. The molecule has 6 heteroatoms. The number of carbonyl (C=O) groups is 1. The van der Waals surface area contributed by atoms with Crippen LogP contribution in [0.5, 0.6) is 5.75 Å². The lowest BCUT2D eigenvalue weighted by Gasteiger charge is -2.14. The van der Waals surface area contributed by atoms with Crippen molar-refractivity contribution in [2.24, 2.45) is 0 Å². The molecule has 0 aliphatic carbocycles. The van der Waals surface area contributed by atoms with Crippen LogP contribution in [-0.4, -0.2) is 41.1 Å². The quantitative estimate of drug-likeness (QED) is 0.801. The van der Waals surface area contributed by atoms with E-state index in [9.17, 15) is 9.70 Å². The number of likely N-dealkylation sites (tertiary alicyclic amines) is 1. The van der Waals surface area contributed by atoms with Gasteiger partial charge in [0.1, 0.15) is 5.75 Å². The number of carbonyl (C=O) groups excluding carboxylic acids is 1. The van der Waals surface area contributed by atoms with E-state index in [1.807, 2.05) is 11.0 Å². The van der Waals surface area contributed by atoms with Crippen LogP contribution in [0.15, 0.2) is 23.1 Å². The number of methoxy groups -OCH3 is 1. The molecular formula is C14H17N2O3S+. The number of rotatable bonds is 4. The Hall–Kier alpha value is -1.56. The van der Waals surface area contributed by atoms with Crippen molar-refractivity contribution in [1.82, 2.24) is 4.90 Å². The number of nitrogens with zero attached hydrogens (tertiary/aromatic N) is 2. The summed E-state index contributed by atoms with van der Waals surface area (Å²) in [5, 5.41) is -0.148. The van der Waals surface area contributed by atoms with Crippen LogP contribution in [0, 0.1) is 4.91 Å². The number of nitroso groups, excluding NO2 is 1. The maximum Gasteiger partial charge on any atom is 0.271 e. The van der Waals surface area contributed by atoms with Crippen LogP contribution in [0.2, 0.25) is 0 Å². The third-order valence-electron chi connectivity index (χ3n) is 3.75. The van der Waals surface area contributed by atoms with Crippen LogP contribution in [0.4, 0.5) is 5.69 Å². The summed E-state index contributed by atoms with van der Waals surface area (Å²) in [6, 6.07) is 5.50. The molecule has 20 heavy (non-hydrogen) atoms. The zero-order chi connectivity index (χ0) is 14.1. The van der Waals surface area contributed by atoms with Gasteiger partial charge >= 0.3 is 0 Å². The second-order valence-electron chi connectivity index (χ2n) is 5.00. The van der Waals surface area contributed by atoms with Gasteiger partial charge in [0.05, 0.1) is 16.8 Å². The molecule has 1 amide bonds. The first-order valence-electron chi connectivity index (χ1n) is 6.78. The van der Waals surface area contributed by atoms with Crippen LogP contribution in [0.25, 0.3) is 0 Å². The molecule has 3 rings (SSSR count). The molecule has 0 radical (unpaired) electrons. The lowest BCUT2D eigenvalue weighted by Crippen LogP contribution is -2.28. The Balaban J connectivity index is 1.65. The van der Waals surface area contributed by atoms with Crippen molar-refractivity contribution in [1.29, 1.82) is 0 Å². The number of benzene rings is 1. The van der Waals surface area contributed by atoms with Gasteiger partial charge in [-0.15, -0.1) is 0 Å². The fraction of sp³-hybridized carbons (Fsp3) is 0.500. The van der Waals surface area contributed by atoms with E-state index in [0.29, 0.717) is 25.1 Å². The minimum atomic E-state index is -0.148. The Bertz CT molecular complexity index is 561. The highest BCUT2D eigenvalue weighted by Crippen LogP contribution is 2.44. The molecule has 1 atom stereocenters. The number of hydrogen-bond acceptors (Lipinski definition) is 4. The molecule has 0 N–H and O–H groups in total. The van der Waals surface area contributed by atoms with E-state index in [-0.39, 0.29) is 11.3 Å². The highest BCUT2D eigenvalue weighted by molar-refractivity contribution is 8.00. The van der Waals surface area contributed by atoms with E-state index in [1.54, 1.807) is 31.0 Å². The van der Waals surface area contributed by atoms with Gasteiger partial charge < -0.3 is 9.64 Å². The molecule has 1 saturated heterocycles. The second kappa shape index (κ2) is 5.44. The largest absolute Gasteiger partial charge is 0.497 e. The Kier molecular flexibility index (Phi) is 3.65. The van der Waals surface area contributed by atoms with Crippen molar-refractivity contribution < 1.29 is 14.3 Å². The molecule has 106 valence electrons. The SMILES string of the molecule is COc1ccc2c(c1)SC(CCN1CCCC1=O)[N+]2=O. The molecule has 1 aromatic carbocycles. The van der Waals surface area contributed by atoms with Crippen LogP contribution in [-0.2, 0) is 4.79 Å². The van der Waals surface area contributed by atoms with Crippen molar-refractivity contribution in [3.63, 3.8) is 0 Å². The Morgan fingerprint density at radius 2 is 2.35 bits per heavy atom. The first-order valence-corrected chi connectivity index (χ1v) is 7.66. The lowest BCUT2D eigenvalue weighted by molar-refractivity contribution is -0.476. The highest BCUT2D eigenvalue weighted by atomic mass is 32.2. The van der Waals surface area contributed by atoms with Crippen LogP contribution in [0.1, 0.15) is 19.3 Å². The molecule has 5 nitrogen and oxygen atoms in total. The smallest absolute Gasteiger partial charge is 0.271 e. The minimum absolute atomic E-state index is 0.148. The van der Waals surface area contributed by atoms with Crippen molar-refractivity contribution >= 4 is 23.4 Å². The normalized spacial score (nSPS) is 21.4. The van der Waals surface area contributed by atoms with Crippen LogP contribution >= 0.6 is 11.8 Å². The monoisotopic (exact) mass is 293 g/mol. The molecule has 2 heterocycles. The predicted molar refractivity (Wildman–Crippen MR) is 76.4 cm³/mol. The second-order valence-corrected chi connectivity index (χ2v) is 6.22. The lowest BCUT2D eigenvalue weighted by atomic mass is 10.3. The summed E-state index contributed by atoms with van der Waals surface area (Å²) in [4.78, 5) is 26.6. The van der Waals surface area contributed by atoms with Gasteiger partial charge in [-0.2, -0.15) is 0 Å². The third kappa shape index (κ3) is 2.40. The van der Waals surface area contributed by atoms with E-state index in [1.165, 1.54) is 0 Å². The summed E-state index contributed by atoms with van der Waals surface area (Å²) < 4.78 is 6.23. The fourth-order valence-electron chi connectivity index (χ4n) is 2.63. The maximum absolute atomic E-state index is 12.2. The first kappa shape index (κ1) is 13.4. The van der Waals surface area contributed by atoms with Crippen LogP contribution < -0.4 is 4.74 Å². The summed E-state index contributed by atoms with van der Waals surface area (Å²) in [5.74, 6) is 0.977. The third-order valence-corrected chi connectivity index (χ3v) is 5.03. The van der Waals surface area contributed by atoms with Gasteiger partial charge in [-0.1, -0.05) is 0 Å². The van der Waals surface area contributed by atoms with E-state index < -0.39 is 0 Å². The van der Waals surface area contributed by atoms with Gasteiger partial charge in [-0.3, -0.25) is 4.79 Å². The zero-order valence-corrected chi connectivity index (χ0v) is 12.2. The topological polar surface area (TPSA) is 49.6 Å². The van der Waals surface area contributed by atoms with Gasteiger partial charge in [0.15, 0.2) is 0 Å². The van der Waals surface area contributed by atoms with Crippen molar-refractivity contribution in [3.8, 4) is 5.75 Å². The maximum atomic E-state index is 12.2. The summed E-state index contributed by atoms with van der Waals surface area (Å²) in [5.41, 5.74) is 0.702. The molecule has 0 spiro atoms. The summed E-state index contributed by atoms with van der Waals surface area (Å²) >= 11 is 1.55. The molecule has 2 aliphatic rings. The van der Waals surface area contributed by atoms with Gasteiger partial charge in [-0.05, 0) is 24.2 Å². The van der Waals surface area contributed by atoms with Crippen molar-refractivity contribution in [3.05, 3.63) is 23.1 Å². The molecule has 1 fully saturated rings. The Morgan fingerprint density at radius 1 is 1.50 bits per heavy atom. The van der Waals surface area contributed by atoms with Gasteiger partial charge in [0.2, 0.25) is 5.91 Å². The summed E-state index contributed by atoms with van der Waals surface area (Å²) in [6.07, 6.45) is 2.28. The van der Waals surface area contributed by atoms with Gasteiger partial charge in [0.25, 0.3) is 11.1 Å². The zero-order valence-electron chi connectivity index (χ0n) is 11.4. The molecular weight excluding hydrogens is 276 g/mol. The van der Waals surface area contributed by atoms with E-state index in [4.69, 9.17) is 4.74 Å². The average molecular weight is 293 g/mol. The van der Waals surface area contributed by atoms with E-state index in [0.717, 1.165) is 28.4 Å². The molecule has 1 aromatic rings. The number of amides is 1. The van der Waals surface area contributed by atoms with E-state index in [2.05, 4.69) is 0 Å². The van der Waals surface area contributed by atoms with Gasteiger partial charge in [0, 0.05) is 43.0 Å². The number of fused-ring (bicyclic) bond motifs is 1. The molecule has 1 unspecified atom stereocenters. The average Bonchev–Trinajstić information content (AvgIpc) is 3.00. The number of thioether (sulfide) groups is 1.